The molecule has 2 rings (SSSR count). The normalized spacial score (nSPS) is 11.7. The first kappa shape index (κ1) is 50.3. The van der Waals surface area contributed by atoms with Crippen molar-refractivity contribution < 1.29 is 25.2 Å². The molecule has 8 heteroatoms. The van der Waals surface area contributed by atoms with E-state index in [0.29, 0.717) is 0 Å². The molecule has 2 aromatic carbocycles. The Kier molecular flexibility index (Phi) is 33.2. The van der Waals surface area contributed by atoms with Crippen molar-refractivity contribution in [2.75, 3.05) is 13.2 Å². The molecule has 6 nitrogen and oxygen atoms in total. The van der Waals surface area contributed by atoms with Crippen molar-refractivity contribution >= 4 is 20.2 Å². The van der Waals surface area contributed by atoms with Gasteiger partial charge in [0.1, 0.15) is 0 Å². The third kappa shape index (κ3) is 29.5. The van der Waals surface area contributed by atoms with Gasteiger partial charge < -0.3 is 0 Å². The molecule has 0 radical (unpaired) electrons. The van der Waals surface area contributed by atoms with E-state index in [4.69, 9.17) is 8.37 Å². The number of hydrogen-bond acceptors (Lipinski definition) is 6. The quantitative estimate of drug-likeness (QED) is 0.0504. The van der Waals surface area contributed by atoms with E-state index in [9.17, 15) is 16.8 Å². The molecule has 0 spiro atoms. The Labute approximate surface area is 334 Å². The SMILES string of the molecule is CCCCCCCCCCCCCCCCCCOS(=O)(=O)c1ccccc1.CCCCCCCCCCCCCCCCOS(=O)(=O)c1ccccc1. The topological polar surface area (TPSA) is 86.7 Å². The van der Waals surface area contributed by atoms with Crippen LogP contribution in [-0.2, 0) is 28.6 Å². The van der Waals surface area contributed by atoms with E-state index in [1.807, 2.05) is 0 Å². The highest BCUT2D eigenvalue weighted by Crippen LogP contribution is 2.17. The van der Waals surface area contributed by atoms with Crippen LogP contribution in [0.4, 0.5) is 0 Å². The molecule has 0 fully saturated rings. The third-order valence-electron chi connectivity index (χ3n) is 10.0. The maximum atomic E-state index is 12.0. The van der Waals surface area contributed by atoms with Crippen LogP contribution >= 0.6 is 0 Å². The van der Waals surface area contributed by atoms with Gasteiger partial charge in [-0.05, 0) is 37.1 Å². The lowest BCUT2D eigenvalue weighted by atomic mass is 10.0. The second-order valence-electron chi connectivity index (χ2n) is 15.1. The minimum atomic E-state index is -3.58. The summed E-state index contributed by atoms with van der Waals surface area (Å²) in [6.45, 7) is 5.11. The van der Waals surface area contributed by atoms with Crippen molar-refractivity contribution in [3.63, 3.8) is 0 Å². The smallest absolute Gasteiger partial charge is 0.266 e. The van der Waals surface area contributed by atoms with Gasteiger partial charge in [-0.3, -0.25) is 8.37 Å². The summed E-state index contributed by atoms with van der Waals surface area (Å²) in [5.41, 5.74) is 0. The van der Waals surface area contributed by atoms with Gasteiger partial charge in [-0.15, -0.1) is 0 Å². The zero-order chi connectivity index (χ0) is 39.3. The summed E-state index contributed by atoms with van der Waals surface area (Å²) in [4.78, 5) is 0.483. The van der Waals surface area contributed by atoms with Crippen molar-refractivity contribution in [3.05, 3.63) is 60.7 Å². The molecule has 0 aromatic heterocycles. The molecule has 0 aliphatic carbocycles. The van der Waals surface area contributed by atoms with Crippen molar-refractivity contribution in [2.24, 2.45) is 0 Å². The van der Waals surface area contributed by atoms with Crippen LogP contribution in [-0.4, -0.2) is 30.0 Å². The Morgan fingerprint density at radius 3 is 0.741 bits per heavy atom. The summed E-state index contributed by atoms with van der Waals surface area (Å²) >= 11 is 0. The van der Waals surface area contributed by atoms with Crippen LogP contribution in [0.25, 0.3) is 0 Å². The summed E-state index contributed by atoms with van der Waals surface area (Å²) in [6, 6.07) is 16.7. The number of hydrogen-bond donors (Lipinski definition) is 0. The highest BCUT2D eigenvalue weighted by atomic mass is 32.2. The predicted octanol–water partition coefficient (Wildman–Crippen LogP) is 14.5. The van der Waals surface area contributed by atoms with Crippen LogP contribution in [0, 0.1) is 0 Å². The minimum Gasteiger partial charge on any atom is -0.266 e. The van der Waals surface area contributed by atoms with Crippen LogP contribution in [0.3, 0.4) is 0 Å². The zero-order valence-electron chi connectivity index (χ0n) is 34.7. The van der Waals surface area contributed by atoms with Crippen molar-refractivity contribution in [1.82, 2.24) is 0 Å². The molecule has 0 atom stereocenters. The van der Waals surface area contributed by atoms with Crippen LogP contribution in [0.15, 0.2) is 70.5 Å². The van der Waals surface area contributed by atoms with Gasteiger partial charge in [-0.1, -0.05) is 230 Å². The standard InChI is InChI=1S/C24H42O3S.C22H38O3S/c1-2-3-4-5-6-7-8-9-10-11-12-13-14-15-16-20-23-27-28(25,26)24-21-18-17-19-22-24;1-2-3-4-5-6-7-8-9-10-11-12-13-14-18-21-25-26(23,24)22-19-16-15-17-20-22/h17-19,21-22H,2-16,20,23H2,1H3;15-17,19-20H,2-14,18,21H2,1H3. The highest BCUT2D eigenvalue weighted by Gasteiger charge is 2.14. The molecule has 0 saturated heterocycles. The Morgan fingerprint density at radius 1 is 0.315 bits per heavy atom. The summed E-state index contributed by atoms with van der Waals surface area (Å²) in [5, 5.41) is 0. The van der Waals surface area contributed by atoms with E-state index in [0.717, 1.165) is 25.7 Å². The van der Waals surface area contributed by atoms with Gasteiger partial charge in [0.15, 0.2) is 0 Å². The van der Waals surface area contributed by atoms with Gasteiger partial charge in [0.05, 0.1) is 23.0 Å². The largest absolute Gasteiger partial charge is 0.296 e. The first-order valence-electron chi connectivity index (χ1n) is 22.2. The van der Waals surface area contributed by atoms with Gasteiger partial charge >= 0.3 is 0 Å². The molecule has 0 amide bonds. The van der Waals surface area contributed by atoms with E-state index >= 15 is 0 Å². The molecule has 0 N–H and O–H groups in total. The maximum Gasteiger partial charge on any atom is 0.296 e. The molecular weight excluding hydrogens is 713 g/mol. The Hall–Kier alpha value is -1.74. The summed E-state index contributed by atoms with van der Waals surface area (Å²) in [5.74, 6) is 0. The van der Waals surface area contributed by atoms with Gasteiger partial charge in [0.2, 0.25) is 0 Å². The average Bonchev–Trinajstić information content (AvgIpc) is 3.18. The molecule has 54 heavy (non-hydrogen) atoms. The number of rotatable bonds is 36. The lowest BCUT2D eigenvalue weighted by Crippen LogP contribution is -2.07. The summed E-state index contributed by atoms with van der Waals surface area (Å²) < 4.78 is 58.0. The van der Waals surface area contributed by atoms with Crippen LogP contribution < -0.4 is 0 Å². The van der Waals surface area contributed by atoms with Crippen molar-refractivity contribution in [2.45, 2.75) is 216 Å². The van der Waals surface area contributed by atoms with E-state index in [2.05, 4.69) is 13.8 Å². The average molecular weight is 793 g/mol. The zero-order valence-corrected chi connectivity index (χ0v) is 36.3. The monoisotopic (exact) mass is 793 g/mol. The predicted molar refractivity (Wildman–Crippen MR) is 229 cm³/mol. The van der Waals surface area contributed by atoms with Gasteiger partial charge in [-0.2, -0.15) is 16.8 Å². The summed E-state index contributed by atoms with van der Waals surface area (Å²) in [7, 11) is -7.16. The lowest BCUT2D eigenvalue weighted by Gasteiger charge is -2.06. The van der Waals surface area contributed by atoms with Crippen LogP contribution in [0.1, 0.15) is 206 Å². The molecule has 0 heterocycles. The fourth-order valence-corrected chi connectivity index (χ4v) is 8.52. The van der Waals surface area contributed by atoms with Crippen LogP contribution in [0.5, 0.6) is 0 Å². The molecular formula is C46H80O6S2. The second-order valence-corrected chi connectivity index (χ2v) is 18.3. The fraction of sp³-hybridized carbons (Fsp3) is 0.739. The van der Waals surface area contributed by atoms with E-state index in [1.54, 1.807) is 60.7 Å². The first-order chi connectivity index (χ1) is 26.3. The van der Waals surface area contributed by atoms with Gasteiger partial charge in [-0.25, -0.2) is 0 Å². The second kappa shape index (κ2) is 35.7. The molecule has 0 aliphatic rings. The Bertz CT molecular complexity index is 1280. The van der Waals surface area contributed by atoms with E-state index in [-0.39, 0.29) is 23.0 Å². The van der Waals surface area contributed by atoms with E-state index < -0.39 is 20.2 Å². The van der Waals surface area contributed by atoms with Crippen molar-refractivity contribution in [3.8, 4) is 0 Å². The number of benzene rings is 2. The third-order valence-corrected chi connectivity index (χ3v) is 12.7. The molecule has 312 valence electrons. The van der Waals surface area contributed by atoms with Gasteiger partial charge in [0.25, 0.3) is 20.2 Å². The number of unbranched alkanes of at least 4 members (excludes halogenated alkanes) is 28. The Morgan fingerprint density at radius 2 is 0.519 bits per heavy atom. The maximum absolute atomic E-state index is 12.0. The lowest BCUT2D eigenvalue weighted by molar-refractivity contribution is 0.305. The molecule has 0 bridgehead atoms. The summed E-state index contributed by atoms with van der Waals surface area (Å²) in [6.07, 6.45) is 39.0. The molecule has 2 aromatic rings. The fourth-order valence-electron chi connectivity index (χ4n) is 6.59. The minimum absolute atomic E-state index is 0.241. The Balaban J connectivity index is 0.000000541. The highest BCUT2D eigenvalue weighted by molar-refractivity contribution is 7.87. The van der Waals surface area contributed by atoms with Crippen LogP contribution in [0.2, 0.25) is 0 Å². The van der Waals surface area contributed by atoms with Gasteiger partial charge in [0, 0.05) is 0 Å². The molecule has 0 aliphatic heterocycles. The van der Waals surface area contributed by atoms with Crippen molar-refractivity contribution in [1.29, 1.82) is 0 Å². The first-order valence-corrected chi connectivity index (χ1v) is 25.0. The molecule has 0 saturated carbocycles. The molecule has 0 unspecified atom stereocenters. The van der Waals surface area contributed by atoms with E-state index in [1.165, 1.54) is 167 Å².